The van der Waals surface area contributed by atoms with E-state index in [1.807, 2.05) is 26.0 Å². The molecule has 12 heteroatoms. The van der Waals surface area contributed by atoms with Crippen molar-refractivity contribution in [3.8, 4) is 0 Å². The Hall–Kier alpha value is -2.54. The maximum atomic E-state index is 10.7. The second-order valence-electron chi connectivity index (χ2n) is 6.36. The van der Waals surface area contributed by atoms with Gasteiger partial charge in [-0.25, -0.2) is 0 Å². The Bertz CT molecular complexity index is 1170. The van der Waals surface area contributed by atoms with E-state index in [2.05, 4.69) is 0 Å². The Labute approximate surface area is 199 Å². The fraction of sp³-hybridized carbons (Fsp3) is 0.100. The number of furan rings is 2. The summed E-state index contributed by atoms with van der Waals surface area (Å²) in [4.78, 5) is 24.8. The number of hydrogen-bond acceptors (Lipinski definition) is 10. The second kappa shape index (κ2) is 9.53. The highest BCUT2D eigenvalue weighted by Crippen LogP contribution is 2.60. The van der Waals surface area contributed by atoms with Crippen molar-refractivity contribution in [1.29, 1.82) is 0 Å². The molecule has 0 N–H and O–H groups in total. The van der Waals surface area contributed by atoms with E-state index in [9.17, 15) is 20.2 Å². The molecule has 2 aromatic heterocycles. The van der Waals surface area contributed by atoms with Gasteiger partial charge in [0.1, 0.15) is 21.4 Å². The van der Waals surface area contributed by atoms with Crippen molar-refractivity contribution in [1.82, 2.24) is 0 Å². The van der Waals surface area contributed by atoms with E-state index in [0.29, 0.717) is 11.5 Å². The molecule has 0 saturated carbocycles. The molecule has 0 spiro atoms. The number of hydrogen-bond donors (Lipinski definition) is 0. The van der Waals surface area contributed by atoms with Crippen molar-refractivity contribution >= 4 is 71.0 Å². The highest BCUT2D eigenvalue weighted by Gasteiger charge is 2.26. The molecular formula is C20H14N2O6S4. The quantitative estimate of drug-likeness (QED) is 0.282. The van der Waals surface area contributed by atoms with E-state index < -0.39 is 9.85 Å². The zero-order valence-electron chi connectivity index (χ0n) is 16.6. The third-order valence-corrected chi connectivity index (χ3v) is 9.85. The Kier molecular flexibility index (Phi) is 6.74. The molecule has 2 aliphatic rings. The van der Waals surface area contributed by atoms with E-state index >= 15 is 0 Å². The van der Waals surface area contributed by atoms with Crippen LogP contribution in [0, 0.1) is 20.2 Å². The summed E-state index contributed by atoms with van der Waals surface area (Å²) >= 11 is 6.67. The summed E-state index contributed by atoms with van der Waals surface area (Å²) in [5, 5.41) is 21.5. The lowest BCUT2D eigenvalue weighted by molar-refractivity contribution is -0.402. The Morgan fingerprint density at radius 3 is 1.44 bits per heavy atom. The van der Waals surface area contributed by atoms with Gasteiger partial charge in [-0.1, -0.05) is 47.0 Å². The minimum atomic E-state index is -0.562. The molecule has 2 aromatic rings. The normalized spacial score (nSPS) is 19.3. The first-order valence-corrected chi connectivity index (χ1v) is 12.3. The van der Waals surface area contributed by atoms with Crippen LogP contribution < -0.4 is 0 Å². The Morgan fingerprint density at radius 1 is 0.688 bits per heavy atom. The summed E-state index contributed by atoms with van der Waals surface area (Å²) in [6.07, 6.45) is 7.25. The number of nitro groups is 2. The maximum absolute atomic E-state index is 10.7. The van der Waals surface area contributed by atoms with E-state index in [-0.39, 0.29) is 11.8 Å². The molecule has 0 atom stereocenters. The fourth-order valence-corrected chi connectivity index (χ4v) is 7.92. The third kappa shape index (κ3) is 5.09. The zero-order chi connectivity index (χ0) is 22.8. The summed E-state index contributed by atoms with van der Waals surface area (Å²) in [6.45, 7) is 4.06. The highest BCUT2D eigenvalue weighted by molar-refractivity contribution is 8.34. The molecule has 0 unspecified atom stereocenters. The van der Waals surface area contributed by atoms with Crippen LogP contribution in [0.2, 0.25) is 0 Å². The van der Waals surface area contributed by atoms with Gasteiger partial charge in [0.2, 0.25) is 0 Å². The maximum Gasteiger partial charge on any atom is 0.433 e. The van der Waals surface area contributed by atoms with E-state index in [4.69, 9.17) is 8.83 Å². The van der Waals surface area contributed by atoms with Gasteiger partial charge in [0.25, 0.3) is 0 Å². The average Bonchev–Trinajstić information content (AvgIpc) is 3.52. The van der Waals surface area contributed by atoms with Gasteiger partial charge < -0.3 is 8.83 Å². The summed E-state index contributed by atoms with van der Waals surface area (Å²) in [7, 11) is 0. The summed E-state index contributed by atoms with van der Waals surface area (Å²) in [6, 6.07) is 5.81. The van der Waals surface area contributed by atoms with Gasteiger partial charge in [-0.15, -0.1) is 0 Å². The highest BCUT2D eigenvalue weighted by atomic mass is 32.2. The summed E-state index contributed by atoms with van der Waals surface area (Å²) in [5.74, 6) is 0.293. The second-order valence-corrected chi connectivity index (χ2v) is 11.4. The van der Waals surface area contributed by atoms with Gasteiger partial charge >= 0.3 is 11.8 Å². The molecule has 164 valence electrons. The molecule has 8 nitrogen and oxygen atoms in total. The SMILES string of the molecule is CC1=C(/C=C/c2ccc([N+](=O)[O-])o2)S/C(=C2\SC(C)=C(/C=C/c3ccc([N+](=O)[O-])o3)S2)S1. The molecule has 2 aliphatic heterocycles. The largest absolute Gasteiger partial charge is 0.433 e. The lowest BCUT2D eigenvalue weighted by Gasteiger charge is -2.01. The minimum absolute atomic E-state index is 0.281. The predicted octanol–water partition coefficient (Wildman–Crippen LogP) is 7.97. The third-order valence-electron chi connectivity index (χ3n) is 4.14. The number of allylic oxidation sites excluding steroid dienone is 4. The van der Waals surface area contributed by atoms with Crippen molar-refractivity contribution in [2.75, 3.05) is 0 Å². The lowest BCUT2D eigenvalue weighted by Crippen LogP contribution is -1.82. The first-order chi connectivity index (χ1) is 15.3. The number of rotatable bonds is 6. The topological polar surface area (TPSA) is 113 Å². The van der Waals surface area contributed by atoms with Gasteiger partial charge in [-0.3, -0.25) is 20.2 Å². The first-order valence-electron chi connectivity index (χ1n) is 9.02. The number of thioether (sulfide) groups is 4. The molecule has 0 aromatic carbocycles. The summed E-state index contributed by atoms with van der Waals surface area (Å²) < 4.78 is 12.7. The van der Waals surface area contributed by atoms with Gasteiger partial charge in [0.15, 0.2) is 0 Å². The van der Waals surface area contributed by atoms with Crippen LogP contribution in [0.15, 0.2) is 73.3 Å². The van der Waals surface area contributed by atoms with Crippen molar-refractivity contribution in [2.24, 2.45) is 0 Å². The average molecular weight is 507 g/mol. The molecule has 0 saturated heterocycles. The molecular weight excluding hydrogens is 492 g/mol. The van der Waals surface area contributed by atoms with Crippen molar-refractivity contribution < 1.29 is 18.7 Å². The van der Waals surface area contributed by atoms with Crippen molar-refractivity contribution in [2.45, 2.75) is 13.8 Å². The molecule has 0 radical (unpaired) electrons. The fourth-order valence-electron chi connectivity index (χ4n) is 2.61. The molecule has 0 aliphatic carbocycles. The van der Waals surface area contributed by atoms with Gasteiger partial charge in [-0.2, -0.15) is 0 Å². The molecule has 0 fully saturated rings. The van der Waals surface area contributed by atoms with Gasteiger partial charge in [-0.05, 0) is 50.3 Å². The van der Waals surface area contributed by atoms with Crippen molar-refractivity contribution in [3.05, 3.63) is 96.3 Å². The standard InChI is InChI=1S/C20H14N2O6S4/c1-11-15(7-3-13-5-9-17(27-13)21(23)24)31-19(29-11)20-30-12(2)16(32-20)8-4-14-6-10-18(28-14)22(25)26/h3-10H,1-2H3/b7-3+,8-4+,20-19+. The molecule has 4 rings (SSSR count). The van der Waals surface area contributed by atoms with Crippen LogP contribution in [0.1, 0.15) is 25.4 Å². The Morgan fingerprint density at radius 2 is 1.09 bits per heavy atom. The minimum Gasteiger partial charge on any atom is -0.401 e. The van der Waals surface area contributed by atoms with E-state index in [1.165, 1.54) is 20.6 Å². The summed E-state index contributed by atoms with van der Waals surface area (Å²) in [5.41, 5.74) is 0. The lowest BCUT2D eigenvalue weighted by atomic mass is 10.4. The predicted molar refractivity (Wildman–Crippen MR) is 132 cm³/mol. The van der Waals surface area contributed by atoms with Crippen molar-refractivity contribution in [3.63, 3.8) is 0 Å². The monoisotopic (exact) mass is 506 g/mol. The molecule has 4 heterocycles. The van der Waals surface area contributed by atoms with Crippen LogP contribution in [0.3, 0.4) is 0 Å². The van der Waals surface area contributed by atoms with E-state index in [1.54, 1.807) is 71.3 Å². The molecule has 32 heavy (non-hydrogen) atoms. The zero-order valence-corrected chi connectivity index (χ0v) is 19.9. The van der Waals surface area contributed by atoms with Crippen LogP contribution in [-0.4, -0.2) is 9.85 Å². The van der Waals surface area contributed by atoms with E-state index in [0.717, 1.165) is 19.6 Å². The number of nitrogens with zero attached hydrogens (tertiary/aromatic N) is 2. The molecule has 0 bridgehead atoms. The first kappa shape index (κ1) is 22.6. The Balaban J connectivity index is 1.42. The smallest absolute Gasteiger partial charge is 0.401 e. The van der Waals surface area contributed by atoms with Crippen LogP contribution in [0.25, 0.3) is 12.2 Å². The van der Waals surface area contributed by atoms with Gasteiger partial charge in [0.05, 0.1) is 20.6 Å². The molecule has 0 amide bonds. The van der Waals surface area contributed by atoms with Crippen LogP contribution in [0.5, 0.6) is 0 Å². The van der Waals surface area contributed by atoms with Crippen LogP contribution >= 0.6 is 47.0 Å². The van der Waals surface area contributed by atoms with Gasteiger partial charge in [0, 0.05) is 19.6 Å². The van der Waals surface area contributed by atoms with Crippen LogP contribution in [0.4, 0.5) is 11.8 Å². The van der Waals surface area contributed by atoms with Crippen LogP contribution in [-0.2, 0) is 0 Å².